The van der Waals surface area contributed by atoms with Gasteiger partial charge in [0.15, 0.2) is 0 Å². The number of hydrogen-bond donors (Lipinski definition) is 1. The first-order valence-electron chi connectivity index (χ1n) is 11.3. The summed E-state index contributed by atoms with van der Waals surface area (Å²) in [5.41, 5.74) is 3.73. The van der Waals surface area contributed by atoms with E-state index < -0.39 is 10.0 Å². The van der Waals surface area contributed by atoms with E-state index in [0.717, 1.165) is 48.6 Å². The molecule has 0 saturated carbocycles. The first kappa shape index (κ1) is 22.1. The average molecular weight is 469 g/mol. The van der Waals surface area contributed by atoms with Crippen LogP contribution in [0.1, 0.15) is 35.4 Å². The first-order chi connectivity index (χ1) is 15.8. The van der Waals surface area contributed by atoms with Crippen LogP contribution in [0, 0.1) is 0 Å². The first-order valence-corrected chi connectivity index (χ1v) is 12.7. The third-order valence-electron chi connectivity index (χ3n) is 6.91. The fourth-order valence-corrected chi connectivity index (χ4v) is 6.22. The van der Waals surface area contributed by atoms with E-state index in [1.165, 1.54) is 4.31 Å². The molecular formula is C24H28N4O4S. The quantitative estimate of drug-likeness (QED) is 0.687. The van der Waals surface area contributed by atoms with Crippen molar-refractivity contribution in [1.29, 1.82) is 0 Å². The Morgan fingerprint density at radius 3 is 2.30 bits per heavy atom. The molecule has 2 aromatic rings. The molecule has 0 aromatic heterocycles. The second kappa shape index (κ2) is 8.55. The topological polar surface area (TPSA) is 90.0 Å². The SMILES string of the molecule is CN1CCN(c2ccc(S(=O)(=O)N3Cc4ccc(C5CCC(=O)NC5=O)cc4C3)cc2)CC1. The van der Waals surface area contributed by atoms with Gasteiger partial charge in [-0.1, -0.05) is 18.2 Å². The molecular weight excluding hydrogens is 440 g/mol. The number of nitrogens with zero attached hydrogens (tertiary/aromatic N) is 3. The molecule has 3 aliphatic rings. The van der Waals surface area contributed by atoms with Crippen molar-refractivity contribution in [2.24, 2.45) is 0 Å². The van der Waals surface area contributed by atoms with E-state index in [-0.39, 0.29) is 24.3 Å². The highest BCUT2D eigenvalue weighted by Gasteiger charge is 2.33. The number of likely N-dealkylation sites (N-methyl/N-ethyl adjacent to an activating group) is 1. The van der Waals surface area contributed by atoms with Gasteiger partial charge in [0.25, 0.3) is 0 Å². The van der Waals surface area contributed by atoms with Gasteiger partial charge in [0.1, 0.15) is 0 Å². The zero-order valence-electron chi connectivity index (χ0n) is 18.7. The maximum Gasteiger partial charge on any atom is 0.243 e. The Labute approximate surface area is 194 Å². The molecule has 0 bridgehead atoms. The van der Waals surface area contributed by atoms with Crippen LogP contribution in [0.5, 0.6) is 0 Å². The average Bonchev–Trinajstić information content (AvgIpc) is 3.24. The lowest BCUT2D eigenvalue weighted by molar-refractivity contribution is -0.134. The van der Waals surface area contributed by atoms with Crippen LogP contribution < -0.4 is 10.2 Å². The molecule has 5 rings (SSSR count). The van der Waals surface area contributed by atoms with Gasteiger partial charge in [0, 0.05) is 51.4 Å². The molecule has 0 aliphatic carbocycles. The predicted octanol–water partition coefficient (Wildman–Crippen LogP) is 1.66. The normalized spacial score (nSPS) is 22.3. The van der Waals surface area contributed by atoms with Gasteiger partial charge in [-0.3, -0.25) is 14.9 Å². The Balaban J connectivity index is 1.31. The van der Waals surface area contributed by atoms with Gasteiger partial charge < -0.3 is 9.80 Å². The van der Waals surface area contributed by atoms with E-state index in [0.29, 0.717) is 24.3 Å². The van der Waals surface area contributed by atoms with Gasteiger partial charge in [0.05, 0.1) is 10.8 Å². The second-order valence-electron chi connectivity index (χ2n) is 9.09. The summed E-state index contributed by atoms with van der Waals surface area (Å²) in [6, 6.07) is 12.9. The third-order valence-corrected chi connectivity index (χ3v) is 8.71. The number of carbonyl (C=O) groups is 2. The number of piperidine rings is 1. The summed E-state index contributed by atoms with van der Waals surface area (Å²) in [6.45, 7) is 4.44. The van der Waals surface area contributed by atoms with Crippen molar-refractivity contribution in [3.63, 3.8) is 0 Å². The van der Waals surface area contributed by atoms with Crippen LogP contribution in [0.4, 0.5) is 5.69 Å². The van der Waals surface area contributed by atoms with E-state index >= 15 is 0 Å². The molecule has 1 N–H and O–H groups in total. The highest BCUT2D eigenvalue weighted by Crippen LogP contribution is 2.33. The van der Waals surface area contributed by atoms with Crippen molar-refractivity contribution in [1.82, 2.24) is 14.5 Å². The number of hydrogen-bond acceptors (Lipinski definition) is 6. The Kier molecular flexibility index (Phi) is 5.72. The van der Waals surface area contributed by atoms with E-state index in [4.69, 9.17) is 0 Å². The van der Waals surface area contributed by atoms with Crippen LogP contribution >= 0.6 is 0 Å². The number of rotatable bonds is 4. The smallest absolute Gasteiger partial charge is 0.243 e. The second-order valence-corrected chi connectivity index (χ2v) is 11.0. The molecule has 2 amide bonds. The largest absolute Gasteiger partial charge is 0.369 e. The molecule has 1 unspecified atom stereocenters. The van der Waals surface area contributed by atoms with Gasteiger partial charge in [-0.15, -0.1) is 0 Å². The number of sulfonamides is 1. The zero-order chi connectivity index (χ0) is 23.2. The lowest BCUT2D eigenvalue weighted by Gasteiger charge is -2.34. The summed E-state index contributed by atoms with van der Waals surface area (Å²) >= 11 is 0. The minimum atomic E-state index is -3.64. The van der Waals surface area contributed by atoms with Gasteiger partial charge in [-0.25, -0.2) is 8.42 Å². The summed E-state index contributed by atoms with van der Waals surface area (Å²) in [7, 11) is -1.53. The summed E-state index contributed by atoms with van der Waals surface area (Å²) in [6.07, 6.45) is 0.795. The van der Waals surface area contributed by atoms with Gasteiger partial charge in [-0.05, 0) is 54.4 Å². The lowest BCUT2D eigenvalue weighted by atomic mass is 9.89. The molecule has 3 aliphatic heterocycles. The van der Waals surface area contributed by atoms with Crippen LogP contribution in [0.2, 0.25) is 0 Å². The number of carbonyl (C=O) groups excluding carboxylic acids is 2. The number of nitrogens with one attached hydrogen (secondary N) is 1. The van der Waals surface area contributed by atoms with Crippen LogP contribution in [0.3, 0.4) is 0 Å². The van der Waals surface area contributed by atoms with Crippen LogP contribution in [0.15, 0.2) is 47.4 Å². The van der Waals surface area contributed by atoms with Gasteiger partial charge in [-0.2, -0.15) is 4.31 Å². The lowest BCUT2D eigenvalue weighted by Crippen LogP contribution is -2.44. The molecule has 8 nitrogen and oxygen atoms in total. The molecule has 0 radical (unpaired) electrons. The standard InChI is InChI=1S/C24H28N4O4S/c1-26-10-12-27(13-11-26)20-4-6-21(7-5-20)33(31,32)28-15-18-3-2-17(14-19(18)16-28)22-8-9-23(29)25-24(22)30/h2-7,14,22H,8-13,15-16H2,1H3,(H,25,29,30). The van der Waals surface area contributed by atoms with Crippen molar-refractivity contribution in [2.75, 3.05) is 38.1 Å². The van der Waals surface area contributed by atoms with Gasteiger partial charge in [0.2, 0.25) is 21.8 Å². The maximum absolute atomic E-state index is 13.3. The highest BCUT2D eigenvalue weighted by atomic mass is 32.2. The molecule has 9 heteroatoms. The highest BCUT2D eigenvalue weighted by molar-refractivity contribution is 7.89. The van der Waals surface area contributed by atoms with E-state index in [2.05, 4.69) is 22.2 Å². The molecule has 33 heavy (non-hydrogen) atoms. The van der Waals surface area contributed by atoms with Crippen molar-refractivity contribution in [3.8, 4) is 0 Å². The molecule has 174 valence electrons. The van der Waals surface area contributed by atoms with Crippen molar-refractivity contribution >= 4 is 27.5 Å². The fourth-order valence-electron chi connectivity index (χ4n) is 4.82. The summed E-state index contributed by atoms with van der Waals surface area (Å²) in [4.78, 5) is 28.5. The van der Waals surface area contributed by atoms with E-state index in [9.17, 15) is 18.0 Å². The predicted molar refractivity (Wildman–Crippen MR) is 124 cm³/mol. The Hall–Kier alpha value is -2.75. The van der Waals surface area contributed by atoms with Crippen LogP contribution in [0.25, 0.3) is 0 Å². The molecule has 2 saturated heterocycles. The number of fused-ring (bicyclic) bond motifs is 1. The molecule has 1 atom stereocenters. The molecule has 2 aromatic carbocycles. The van der Waals surface area contributed by atoms with Crippen LogP contribution in [-0.2, 0) is 32.7 Å². The number of piperazine rings is 1. The third kappa shape index (κ3) is 4.28. The summed E-state index contributed by atoms with van der Waals surface area (Å²) in [5, 5.41) is 2.39. The Morgan fingerprint density at radius 2 is 1.61 bits per heavy atom. The minimum Gasteiger partial charge on any atom is -0.369 e. The Bertz CT molecular complexity index is 1190. The van der Waals surface area contributed by atoms with Crippen molar-refractivity contribution < 1.29 is 18.0 Å². The molecule has 3 heterocycles. The fraction of sp³-hybridized carbons (Fsp3) is 0.417. The summed E-state index contributed by atoms with van der Waals surface area (Å²) in [5.74, 6) is -0.900. The zero-order valence-corrected chi connectivity index (χ0v) is 19.5. The van der Waals surface area contributed by atoms with E-state index in [1.807, 2.05) is 30.3 Å². The van der Waals surface area contributed by atoms with Crippen molar-refractivity contribution in [2.45, 2.75) is 36.7 Å². The monoisotopic (exact) mass is 468 g/mol. The van der Waals surface area contributed by atoms with E-state index in [1.54, 1.807) is 12.1 Å². The number of benzene rings is 2. The van der Waals surface area contributed by atoms with Gasteiger partial charge >= 0.3 is 0 Å². The van der Waals surface area contributed by atoms with Crippen LogP contribution in [-0.4, -0.2) is 62.7 Å². The summed E-state index contributed by atoms with van der Waals surface area (Å²) < 4.78 is 28.1. The maximum atomic E-state index is 13.3. The van der Waals surface area contributed by atoms with Crippen molar-refractivity contribution in [3.05, 3.63) is 59.2 Å². The molecule has 0 spiro atoms. The number of amides is 2. The Morgan fingerprint density at radius 1 is 0.909 bits per heavy atom. The number of anilines is 1. The minimum absolute atomic E-state index is 0.242. The molecule has 2 fully saturated rings. The number of imide groups is 1.